The molecule has 2 heterocycles. The largest absolute Gasteiger partial charge is 0.331 e. The molecule has 0 spiro atoms. The Morgan fingerprint density at radius 3 is 2.41 bits per heavy atom. The number of aromatic nitrogens is 2. The third-order valence-corrected chi connectivity index (χ3v) is 4.98. The lowest BCUT2D eigenvalue weighted by atomic mass is 10.1. The minimum atomic E-state index is -0.0551. The highest BCUT2D eigenvalue weighted by Gasteiger charge is 2.20. The summed E-state index contributed by atoms with van der Waals surface area (Å²) in [4.78, 5) is 24.1. The molecule has 0 fully saturated rings. The monoisotopic (exact) mass is 381 g/mol. The van der Waals surface area contributed by atoms with Gasteiger partial charge in [0.1, 0.15) is 5.69 Å². The molecule has 144 valence electrons. The average molecular weight is 381 g/mol. The van der Waals surface area contributed by atoms with E-state index in [2.05, 4.69) is 22.1 Å². The summed E-state index contributed by atoms with van der Waals surface area (Å²) in [5.74, 6) is -0.0551. The molecule has 0 radical (unpaired) electrons. The molecule has 4 rings (SSSR count). The second-order valence-corrected chi connectivity index (χ2v) is 7.02. The van der Waals surface area contributed by atoms with Crippen LogP contribution in [0.15, 0.2) is 91.3 Å². The van der Waals surface area contributed by atoms with E-state index in [9.17, 15) is 4.79 Å². The third kappa shape index (κ3) is 4.66. The van der Waals surface area contributed by atoms with Crippen LogP contribution in [0.3, 0.4) is 0 Å². The van der Waals surface area contributed by atoms with Gasteiger partial charge in [-0.1, -0.05) is 60.7 Å². The van der Waals surface area contributed by atoms with Crippen molar-refractivity contribution in [3.8, 4) is 0 Å². The highest BCUT2D eigenvalue weighted by Crippen LogP contribution is 2.19. The molecule has 0 aliphatic rings. The molecule has 0 N–H and O–H groups in total. The van der Waals surface area contributed by atoms with E-state index in [1.165, 1.54) is 5.56 Å². The zero-order chi connectivity index (χ0) is 19.9. The summed E-state index contributed by atoms with van der Waals surface area (Å²) in [5, 5.41) is 1.90. The number of pyridine rings is 2. The van der Waals surface area contributed by atoms with Gasteiger partial charge >= 0.3 is 0 Å². The number of benzene rings is 2. The molecule has 4 nitrogen and oxygen atoms in total. The normalized spacial score (nSPS) is 10.8. The van der Waals surface area contributed by atoms with Gasteiger partial charge in [0.05, 0.1) is 12.2 Å². The SMILES string of the molecule is O=C(c1nccc2ccccc12)N(CCCc1ccccc1)Cc1ccccn1. The number of hydrogen-bond donors (Lipinski definition) is 0. The van der Waals surface area contributed by atoms with Crippen molar-refractivity contribution in [2.75, 3.05) is 6.54 Å². The van der Waals surface area contributed by atoms with Crippen molar-refractivity contribution in [1.29, 1.82) is 0 Å². The first-order chi connectivity index (χ1) is 14.3. The molecule has 0 bridgehead atoms. The maximum Gasteiger partial charge on any atom is 0.273 e. The van der Waals surface area contributed by atoms with E-state index in [0.717, 1.165) is 29.3 Å². The Hall–Kier alpha value is -3.53. The van der Waals surface area contributed by atoms with Crippen LogP contribution in [0.1, 0.15) is 28.2 Å². The van der Waals surface area contributed by atoms with Crippen LogP contribution in [-0.4, -0.2) is 27.3 Å². The Morgan fingerprint density at radius 1 is 0.793 bits per heavy atom. The summed E-state index contributed by atoms with van der Waals surface area (Å²) >= 11 is 0. The Balaban J connectivity index is 1.57. The van der Waals surface area contributed by atoms with Crippen LogP contribution < -0.4 is 0 Å². The molecule has 29 heavy (non-hydrogen) atoms. The molecule has 1 amide bonds. The Kier molecular flexibility index (Phi) is 5.91. The van der Waals surface area contributed by atoms with E-state index in [4.69, 9.17) is 0 Å². The zero-order valence-electron chi connectivity index (χ0n) is 16.2. The van der Waals surface area contributed by atoms with Crippen LogP contribution in [0, 0.1) is 0 Å². The summed E-state index contributed by atoms with van der Waals surface area (Å²) in [5.41, 5.74) is 2.65. The van der Waals surface area contributed by atoms with Gasteiger partial charge in [0.25, 0.3) is 5.91 Å². The Bertz CT molecular complexity index is 1080. The van der Waals surface area contributed by atoms with Gasteiger partial charge in [-0.15, -0.1) is 0 Å². The molecular formula is C25H23N3O. The lowest BCUT2D eigenvalue weighted by Gasteiger charge is -2.23. The lowest BCUT2D eigenvalue weighted by Crippen LogP contribution is -2.33. The van der Waals surface area contributed by atoms with Crippen molar-refractivity contribution < 1.29 is 4.79 Å². The van der Waals surface area contributed by atoms with Crippen molar-refractivity contribution in [1.82, 2.24) is 14.9 Å². The number of nitrogens with zero attached hydrogens (tertiary/aromatic N) is 3. The van der Waals surface area contributed by atoms with Crippen molar-refractivity contribution in [2.45, 2.75) is 19.4 Å². The number of hydrogen-bond acceptors (Lipinski definition) is 3. The number of aryl methyl sites for hydroxylation is 1. The van der Waals surface area contributed by atoms with Crippen LogP contribution >= 0.6 is 0 Å². The minimum Gasteiger partial charge on any atom is -0.331 e. The van der Waals surface area contributed by atoms with Crippen LogP contribution in [-0.2, 0) is 13.0 Å². The van der Waals surface area contributed by atoms with Crippen LogP contribution in [0.5, 0.6) is 0 Å². The molecule has 2 aromatic carbocycles. The van der Waals surface area contributed by atoms with Gasteiger partial charge < -0.3 is 4.90 Å². The molecule has 0 saturated carbocycles. The molecular weight excluding hydrogens is 358 g/mol. The van der Waals surface area contributed by atoms with Crippen molar-refractivity contribution in [2.24, 2.45) is 0 Å². The zero-order valence-corrected chi connectivity index (χ0v) is 16.2. The highest BCUT2D eigenvalue weighted by molar-refractivity contribution is 6.05. The quantitative estimate of drug-likeness (QED) is 0.457. The number of carbonyl (C=O) groups is 1. The van der Waals surface area contributed by atoms with Gasteiger partial charge in [0.2, 0.25) is 0 Å². The van der Waals surface area contributed by atoms with Crippen molar-refractivity contribution >= 4 is 16.7 Å². The second kappa shape index (κ2) is 9.11. The summed E-state index contributed by atoms with van der Waals surface area (Å²) in [7, 11) is 0. The van der Waals surface area contributed by atoms with Gasteiger partial charge in [-0.3, -0.25) is 14.8 Å². The summed E-state index contributed by atoms with van der Waals surface area (Å²) in [6.45, 7) is 1.12. The molecule has 0 saturated heterocycles. The molecule has 4 aromatic rings. The van der Waals surface area contributed by atoms with E-state index in [0.29, 0.717) is 18.8 Å². The van der Waals surface area contributed by atoms with Crippen LogP contribution in [0.4, 0.5) is 0 Å². The fraction of sp³-hybridized carbons (Fsp3) is 0.160. The molecule has 0 aliphatic heterocycles. The Labute approximate surface area is 170 Å². The third-order valence-electron chi connectivity index (χ3n) is 4.98. The summed E-state index contributed by atoms with van der Waals surface area (Å²) in [6, 6.07) is 26.0. The smallest absolute Gasteiger partial charge is 0.273 e. The number of carbonyl (C=O) groups excluding carboxylic acids is 1. The fourth-order valence-electron chi connectivity index (χ4n) is 3.50. The maximum absolute atomic E-state index is 13.4. The molecule has 4 heteroatoms. The molecule has 2 aromatic heterocycles. The Morgan fingerprint density at radius 2 is 1.59 bits per heavy atom. The first kappa shape index (κ1) is 18.8. The second-order valence-electron chi connectivity index (χ2n) is 7.02. The van der Waals surface area contributed by atoms with E-state index >= 15 is 0 Å². The van der Waals surface area contributed by atoms with Gasteiger partial charge in [-0.25, -0.2) is 0 Å². The van der Waals surface area contributed by atoms with Gasteiger partial charge in [0, 0.05) is 24.3 Å². The molecule has 0 unspecified atom stereocenters. The molecule has 0 atom stereocenters. The van der Waals surface area contributed by atoms with Gasteiger partial charge in [-0.05, 0) is 42.0 Å². The van der Waals surface area contributed by atoms with E-state index in [1.807, 2.05) is 71.6 Å². The summed E-state index contributed by atoms with van der Waals surface area (Å²) < 4.78 is 0. The van der Waals surface area contributed by atoms with Gasteiger partial charge in [-0.2, -0.15) is 0 Å². The fourth-order valence-corrected chi connectivity index (χ4v) is 3.50. The first-order valence-electron chi connectivity index (χ1n) is 9.88. The van der Waals surface area contributed by atoms with Crippen molar-refractivity contribution in [3.63, 3.8) is 0 Å². The molecule has 0 aliphatic carbocycles. The number of fused-ring (bicyclic) bond motifs is 1. The van der Waals surface area contributed by atoms with Crippen LogP contribution in [0.25, 0.3) is 10.8 Å². The van der Waals surface area contributed by atoms with Gasteiger partial charge in [0.15, 0.2) is 0 Å². The predicted molar refractivity (Wildman–Crippen MR) is 115 cm³/mol. The van der Waals surface area contributed by atoms with E-state index in [1.54, 1.807) is 12.4 Å². The highest BCUT2D eigenvalue weighted by atomic mass is 16.2. The first-order valence-corrected chi connectivity index (χ1v) is 9.88. The maximum atomic E-state index is 13.4. The topological polar surface area (TPSA) is 46.1 Å². The summed E-state index contributed by atoms with van der Waals surface area (Å²) in [6.07, 6.45) is 5.28. The van der Waals surface area contributed by atoms with Crippen LogP contribution in [0.2, 0.25) is 0 Å². The number of rotatable bonds is 7. The van der Waals surface area contributed by atoms with E-state index < -0.39 is 0 Å². The standard InChI is InChI=1S/C25H23N3O/c29-25(24-23-14-5-4-12-21(23)15-17-27-24)28(19-22-13-6-7-16-26-22)18-8-11-20-9-2-1-3-10-20/h1-7,9-10,12-17H,8,11,18-19H2. The lowest BCUT2D eigenvalue weighted by molar-refractivity contribution is 0.0735. The minimum absolute atomic E-state index is 0.0551. The average Bonchev–Trinajstić information content (AvgIpc) is 2.79. The number of amides is 1. The predicted octanol–water partition coefficient (Wildman–Crippen LogP) is 4.91. The van der Waals surface area contributed by atoms with E-state index in [-0.39, 0.29) is 5.91 Å². The van der Waals surface area contributed by atoms with Crippen molar-refractivity contribution in [3.05, 3.63) is 108 Å².